The zero-order chi connectivity index (χ0) is 26.3. The van der Waals surface area contributed by atoms with E-state index in [-0.39, 0.29) is 40.4 Å². The van der Waals surface area contributed by atoms with E-state index in [4.69, 9.17) is 22.4 Å². The number of nitrogens with zero attached hydrogens (tertiary/aromatic N) is 2. The number of ether oxygens (including phenoxy) is 2. The van der Waals surface area contributed by atoms with Crippen molar-refractivity contribution in [2.24, 2.45) is 0 Å². The van der Waals surface area contributed by atoms with E-state index in [2.05, 4.69) is 60.4 Å². The van der Waals surface area contributed by atoms with Gasteiger partial charge in [-0.25, -0.2) is 4.79 Å². The Balaban J connectivity index is 2.07. The third-order valence-electron chi connectivity index (χ3n) is 7.11. The maximum Gasteiger partial charge on any atom is 0.353 e. The van der Waals surface area contributed by atoms with E-state index in [1.54, 1.807) is 13.1 Å². The van der Waals surface area contributed by atoms with Gasteiger partial charge in [0.25, 0.3) is 0 Å². The maximum atomic E-state index is 13.7. The SMILES string of the molecule is CCOc1nc(=O)n([C@@H]2O[C@@H]3CO[Si](C(C)C)(C(C)C)O[Si](C(C)C)(C(C)C)O[C@H]3C2=O)cc1C. The molecule has 0 N–H and O–H groups in total. The lowest BCUT2D eigenvalue weighted by molar-refractivity contribution is -0.130. The molecule has 2 saturated heterocycles. The molecule has 1 aromatic heterocycles. The number of aromatic nitrogens is 2. The maximum absolute atomic E-state index is 13.7. The van der Waals surface area contributed by atoms with Gasteiger partial charge in [-0.3, -0.25) is 9.36 Å². The number of aryl methyl sites for hydroxylation is 1. The molecule has 0 saturated carbocycles. The fourth-order valence-corrected chi connectivity index (χ4v) is 16.4. The van der Waals surface area contributed by atoms with E-state index in [9.17, 15) is 9.59 Å². The molecule has 0 amide bonds. The summed E-state index contributed by atoms with van der Waals surface area (Å²) in [5.74, 6) is -0.0509. The molecule has 0 unspecified atom stereocenters. The quantitative estimate of drug-likeness (QED) is 0.483. The molecule has 2 aliphatic heterocycles. The second-order valence-electron chi connectivity index (χ2n) is 10.8. The molecule has 2 fully saturated rings. The number of Topliss-reactive ketones (excluding diaryl/α,β-unsaturated/α-hetero) is 1. The van der Waals surface area contributed by atoms with E-state index in [1.165, 1.54) is 4.57 Å². The number of fused-ring (bicyclic) bond motifs is 1. The summed E-state index contributed by atoms with van der Waals surface area (Å²) in [4.78, 5) is 30.5. The fraction of sp³-hybridized carbons (Fsp3) is 0.792. The minimum Gasteiger partial charge on any atom is -0.478 e. The Kier molecular flexibility index (Phi) is 8.50. The summed E-state index contributed by atoms with van der Waals surface area (Å²) in [6.07, 6.45) is -1.08. The molecular weight excluding hydrogens is 484 g/mol. The minimum atomic E-state index is -2.97. The van der Waals surface area contributed by atoms with E-state index in [0.717, 1.165) is 0 Å². The van der Waals surface area contributed by atoms with Gasteiger partial charge in [-0.05, 0) is 36.0 Å². The highest BCUT2D eigenvalue weighted by Gasteiger charge is 2.61. The molecule has 2 aliphatic rings. The first-order chi connectivity index (χ1) is 16.3. The van der Waals surface area contributed by atoms with Crippen LogP contribution in [0.1, 0.15) is 74.1 Å². The second kappa shape index (κ2) is 10.5. The van der Waals surface area contributed by atoms with Crippen LogP contribution in [0.4, 0.5) is 0 Å². The van der Waals surface area contributed by atoms with Gasteiger partial charge in [-0.2, -0.15) is 4.98 Å². The number of ketones is 1. The van der Waals surface area contributed by atoms with Crippen molar-refractivity contribution in [1.29, 1.82) is 0 Å². The molecule has 0 aliphatic carbocycles. The first-order valence-corrected chi connectivity index (χ1v) is 16.7. The van der Waals surface area contributed by atoms with E-state index >= 15 is 0 Å². The van der Waals surface area contributed by atoms with Gasteiger partial charge in [-0.1, -0.05) is 55.4 Å². The van der Waals surface area contributed by atoms with Crippen LogP contribution in [0.25, 0.3) is 0 Å². The molecular formula is C24H42N2O7Si2. The fourth-order valence-electron chi connectivity index (χ4n) is 5.22. The first-order valence-electron chi connectivity index (χ1n) is 12.7. The molecule has 0 aromatic carbocycles. The summed E-state index contributed by atoms with van der Waals surface area (Å²) in [5.41, 5.74) is 0.567. The summed E-state index contributed by atoms with van der Waals surface area (Å²) in [6.45, 7) is 21.1. The standard InChI is InChI=1S/C24H42N2O7Si2/c1-11-29-22-18(10)12-26(24(28)25-22)23-20(27)21-19(31-23)13-30-34(14(2)3,15(4)5)33-35(32-21,16(6)7)17(8)9/h12,14-17,19,21,23H,11,13H2,1-10H3/t19-,21-,23-/m1/s1. The Morgan fingerprint density at radius 1 is 1.03 bits per heavy atom. The number of hydrogen-bond acceptors (Lipinski definition) is 8. The monoisotopic (exact) mass is 526 g/mol. The van der Waals surface area contributed by atoms with Crippen LogP contribution in [0.5, 0.6) is 5.88 Å². The van der Waals surface area contributed by atoms with E-state index in [0.29, 0.717) is 12.2 Å². The second-order valence-corrected chi connectivity index (χ2v) is 19.6. The summed E-state index contributed by atoms with van der Waals surface area (Å²) in [6, 6.07) is 0. The summed E-state index contributed by atoms with van der Waals surface area (Å²) >= 11 is 0. The zero-order valence-corrected chi connectivity index (χ0v) is 24.8. The van der Waals surface area contributed by atoms with Crippen molar-refractivity contribution >= 4 is 22.9 Å². The lowest BCUT2D eigenvalue weighted by atomic mass is 10.1. The van der Waals surface area contributed by atoms with Crippen molar-refractivity contribution in [3.63, 3.8) is 0 Å². The summed E-state index contributed by atoms with van der Waals surface area (Å²) in [7, 11) is -5.72. The molecule has 11 heteroatoms. The molecule has 3 rings (SSSR count). The van der Waals surface area contributed by atoms with Crippen molar-refractivity contribution in [2.75, 3.05) is 13.2 Å². The number of hydrogen-bond donors (Lipinski definition) is 0. The number of carbonyl (C=O) groups is 1. The van der Waals surface area contributed by atoms with Gasteiger partial charge in [0.1, 0.15) is 12.2 Å². The Hall–Kier alpha value is -1.38. The molecule has 9 nitrogen and oxygen atoms in total. The lowest BCUT2D eigenvalue weighted by Crippen LogP contribution is -2.65. The third-order valence-corrected chi connectivity index (χ3v) is 17.3. The first kappa shape index (κ1) is 28.2. The third kappa shape index (κ3) is 4.95. The molecule has 198 valence electrons. The predicted molar refractivity (Wildman–Crippen MR) is 137 cm³/mol. The van der Waals surface area contributed by atoms with Gasteiger partial charge in [0.15, 0.2) is 0 Å². The topological polar surface area (TPSA) is 98.1 Å². The Labute approximate surface area is 211 Å². The van der Waals surface area contributed by atoms with Crippen LogP contribution in [-0.2, 0) is 22.5 Å². The molecule has 0 spiro atoms. The van der Waals surface area contributed by atoms with Crippen LogP contribution in [0.15, 0.2) is 11.0 Å². The van der Waals surface area contributed by atoms with Gasteiger partial charge in [-0.15, -0.1) is 0 Å². The molecule has 35 heavy (non-hydrogen) atoms. The van der Waals surface area contributed by atoms with Crippen LogP contribution in [0.3, 0.4) is 0 Å². The van der Waals surface area contributed by atoms with Crippen molar-refractivity contribution in [3.8, 4) is 5.88 Å². The van der Waals surface area contributed by atoms with Crippen LogP contribution in [-0.4, -0.2) is 57.9 Å². The van der Waals surface area contributed by atoms with E-state index < -0.39 is 41.2 Å². The van der Waals surface area contributed by atoms with Crippen molar-refractivity contribution in [1.82, 2.24) is 9.55 Å². The van der Waals surface area contributed by atoms with Gasteiger partial charge in [0, 0.05) is 11.8 Å². The largest absolute Gasteiger partial charge is 0.478 e. The van der Waals surface area contributed by atoms with Crippen molar-refractivity contribution in [3.05, 3.63) is 22.2 Å². The Morgan fingerprint density at radius 3 is 2.11 bits per heavy atom. The average Bonchev–Trinajstić information content (AvgIpc) is 3.04. The number of rotatable bonds is 7. The Bertz CT molecular complexity index is 963. The highest BCUT2D eigenvalue weighted by Crippen LogP contribution is 2.47. The van der Waals surface area contributed by atoms with Crippen LogP contribution >= 0.6 is 0 Å². The smallest absolute Gasteiger partial charge is 0.353 e. The normalized spacial score (nSPS) is 26.3. The van der Waals surface area contributed by atoms with Gasteiger partial charge >= 0.3 is 22.8 Å². The number of carbonyl (C=O) groups excluding carboxylic acids is 1. The van der Waals surface area contributed by atoms with Gasteiger partial charge in [0.05, 0.1) is 13.2 Å². The minimum absolute atomic E-state index is 0.0817. The molecule has 3 heterocycles. The van der Waals surface area contributed by atoms with Gasteiger partial charge < -0.3 is 22.4 Å². The predicted octanol–water partition coefficient (Wildman–Crippen LogP) is 4.37. The van der Waals surface area contributed by atoms with Crippen LogP contribution in [0, 0.1) is 6.92 Å². The zero-order valence-electron chi connectivity index (χ0n) is 22.8. The lowest BCUT2D eigenvalue weighted by Gasteiger charge is -2.50. The molecule has 3 atom stereocenters. The van der Waals surface area contributed by atoms with E-state index in [1.807, 2.05) is 6.92 Å². The summed E-state index contributed by atoms with van der Waals surface area (Å²) < 4.78 is 33.5. The average molecular weight is 527 g/mol. The molecule has 0 radical (unpaired) electrons. The van der Waals surface area contributed by atoms with Crippen molar-refractivity contribution in [2.45, 2.75) is 110 Å². The highest BCUT2D eigenvalue weighted by molar-refractivity contribution is 6.84. The van der Waals surface area contributed by atoms with Crippen molar-refractivity contribution < 1.29 is 27.2 Å². The Morgan fingerprint density at radius 2 is 1.60 bits per heavy atom. The highest BCUT2D eigenvalue weighted by atomic mass is 28.5. The van der Waals surface area contributed by atoms with Crippen LogP contribution < -0.4 is 10.4 Å². The summed E-state index contributed by atoms with van der Waals surface area (Å²) in [5, 5.41) is 0. The van der Waals surface area contributed by atoms with Crippen LogP contribution in [0.2, 0.25) is 22.2 Å². The molecule has 1 aromatic rings. The molecule has 0 bridgehead atoms. The van der Waals surface area contributed by atoms with Gasteiger partial charge in [0.2, 0.25) is 17.9 Å².